The van der Waals surface area contributed by atoms with Crippen LogP contribution in [0, 0.1) is 6.92 Å². The summed E-state index contributed by atoms with van der Waals surface area (Å²) in [6.45, 7) is 11.0. The van der Waals surface area contributed by atoms with E-state index in [1.54, 1.807) is 0 Å². The van der Waals surface area contributed by atoms with Gasteiger partial charge in [-0.25, -0.2) is 0 Å². The molecule has 62 valence electrons. The van der Waals surface area contributed by atoms with Crippen molar-refractivity contribution in [2.45, 2.75) is 38.1 Å². The zero-order valence-corrected chi connectivity index (χ0v) is 9.70. The number of nitrogens with one attached hydrogen (secondary N) is 1. The van der Waals surface area contributed by atoms with Crippen LogP contribution in [0.3, 0.4) is 0 Å². The van der Waals surface area contributed by atoms with Gasteiger partial charge in [0.05, 0.1) is 8.07 Å². The second kappa shape index (κ2) is 6.31. The first-order chi connectivity index (χ1) is 4.52. The second-order valence-electron chi connectivity index (χ2n) is 3.85. The van der Waals surface area contributed by atoms with Gasteiger partial charge in [0, 0.05) is 0 Å². The molecule has 0 amide bonds. The predicted molar refractivity (Wildman–Crippen MR) is 50.8 cm³/mol. The molecular weight excluding hydrogens is 145 g/mol. The van der Waals surface area contributed by atoms with E-state index in [2.05, 4.69) is 38.9 Å². The van der Waals surface area contributed by atoms with Crippen LogP contribution in [-0.2, 0) is 0 Å². The zero-order valence-electron chi connectivity index (χ0n) is 8.70. The van der Waals surface area contributed by atoms with Crippen molar-refractivity contribution < 1.29 is 18.9 Å². The largest absolute Gasteiger partial charge is 1.00 e. The fourth-order valence-corrected chi connectivity index (χ4v) is 3.15. The molecule has 0 saturated heterocycles. The Morgan fingerprint density at radius 3 is 1.91 bits per heavy atom. The first kappa shape index (κ1) is 14.3. The Hall–Kier alpha value is 0.774. The molecule has 0 heterocycles. The monoisotopic (exact) mass is 165 g/mol. The van der Waals surface area contributed by atoms with Gasteiger partial charge in [0.2, 0.25) is 0 Å². The second-order valence-corrected chi connectivity index (χ2v) is 9.28. The standard InChI is InChI=1S/C8H20NSi.Li/c1-6-7-8(9-2)10(3,4)5;/h8-9H,1,6-7H2,2-5H3;/q-1;+1. The van der Waals surface area contributed by atoms with Crippen LogP contribution in [0.1, 0.15) is 12.8 Å². The first-order valence-electron chi connectivity index (χ1n) is 3.99. The van der Waals surface area contributed by atoms with Crippen molar-refractivity contribution in [2.24, 2.45) is 0 Å². The Morgan fingerprint density at radius 1 is 1.36 bits per heavy atom. The fourth-order valence-electron chi connectivity index (χ4n) is 1.21. The summed E-state index contributed by atoms with van der Waals surface area (Å²) in [5.41, 5.74) is 0.741. The summed E-state index contributed by atoms with van der Waals surface area (Å²) in [5, 5.41) is 3.36. The quantitative estimate of drug-likeness (QED) is 0.419. The van der Waals surface area contributed by atoms with Crippen molar-refractivity contribution >= 4 is 8.07 Å². The van der Waals surface area contributed by atoms with Crippen molar-refractivity contribution in [1.29, 1.82) is 0 Å². The van der Waals surface area contributed by atoms with Gasteiger partial charge in [0.1, 0.15) is 0 Å². The fraction of sp³-hybridized carbons (Fsp3) is 0.875. The smallest absolute Gasteiger partial charge is 0.343 e. The van der Waals surface area contributed by atoms with Gasteiger partial charge in [-0.1, -0.05) is 26.1 Å². The molecular formula is C8H20LiNSi. The number of hydrogen-bond donors (Lipinski definition) is 1. The Kier molecular flexibility index (Phi) is 8.20. The minimum absolute atomic E-state index is 0. The minimum atomic E-state index is -0.959. The average Bonchev–Trinajstić information content (AvgIpc) is 1.80. The van der Waals surface area contributed by atoms with E-state index >= 15 is 0 Å². The van der Waals surface area contributed by atoms with E-state index in [1.165, 1.54) is 6.42 Å². The molecule has 0 aromatic carbocycles. The maximum atomic E-state index is 3.87. The maximum Gasteiger partial charge on any atom is 1.00 e. The van der Waals surface area contributed by atoms with Crippen molar-refractivity contribution in [1.82, 2.24) is 5.32 Å². The van der Waals surface area contributed by atoms with Crippen LogP contribution >= 0.6 is 0 Å². The van der Waals surface area contributed by atoms with Gasteiger partial charge < -0.3 is 12.2 Å². The molecule has 0 aromatic rings. The molecule has 1 atom stereocenters. The van der Waals surface area contributed by atoms with Crippen molar-refractivity contribution in [3.63, 3.8) is 0 Å². The summed E-state index contributed by atoms with van der Waals surface area (Å²) in [6, 6.07) is 0. The van der Waals surface area contributed by atoms with Crippen LogP contribution in [0.25, 0.3) is 0 Å². The third-order valence-corrected chi connectivity index (χ3v) is 4.55. The molecule has 1 nitrogen and oxygen atoms in total. The Bertz CT molecular complexity index is 90.6. The minimum Gasteiger partial charge on any atom is -0.343 e. The van der Waals surface area contributed by atoms with Gasteiger partial charge in [-0.2, -0.15) is 6.42 Å². The normalized spacial score (nSPS) is 13.9. The summed E-state index contributed by atoms with van der Waals surface area (Å²) in [6.07, 6.45) is 2.28. The molecule has 0 radical (unpaired) electrons. The van der Waals surface area contributed by atoms with E-state index in [4.69, 9.17) is 0 Å². The molecule has 0 aliphatic carbocycles. The van der Waals surface area contributed by atoms with E-state index < -0.39 is 8.07 Å². The van der Waals surface area contributed by atoms with Crippen LogP contribution in [-0.4, -0.2) is 20.8 Å². The Morgan fingerprint density at radius 2 is 1.82 bits per heavy atom. The Balaban J connectivity index is 0. The van der Waals surface area contributed by atoms with Crippen molar-refractivity contribution in [3.05, 3.63) is 6.92 Å². The summed E-state index contributed by atoms with van der Waals surface area (Å²) in [4.78, 5) is 0. The zero-order chi connectivity index (χ0) is 8.20. The van der Waals surface area contributed by atoms with Crippen LogP contribution in [0.5, 0.6) is 0 Å². The topological polar surface area (TPSA) is 12.0 Å². The van der Waals surface area contributed by atoms with Gasteiger partial charge in [0.15, 0.2) is 0 Å². The van der Waals surface area contributed by atoms with Gasteiger partial charge in [-0.3, -0.25) is 0 Å². The van der Waals surface area contributed by atoms with E-state index in [0.29, 0.717) is 0 Å². The molecule has 1 unspecified atom stereocenters. The van der Waals surface area contributed by atoms with Gasteiger partial charge in [0.25, 0.3) is 0 Å². The molecule has 11 heavy (non-hydrogen) atoms. The van der Waals surface area contributed by atoms with Gasteiger partial charge in [-0.15, -0.1) is 0 Å². The molecule has 0 spiro atoms. The van der Waals surface area contributed by atoms with Crippen LogP contribution < -0.4 is 24.2 Å². The summed E-state index contributed by atoms with van der Waals surface area (Å²) < 4.78 is 0. The first-order valence-corrected chi connectivity index (χ1v) is 7.56. The van der Waals surface area contributed by atoms with E-state index in [9.17, 15) is 0 Å². The van der Waals surface area contributed by atoms with E-state index in [-0.39, 0.29) is 18.9 Å². The third kappa shape index (κ3) is 5.98. The maximum absolute atomic E-state index is 3.87. The molecule has 0 aliphatic heterocycles. The van der Waals surface area contributed by atoms with Gasteiger partial charge >= 0.3 is 18.9 Å². The molecule has 0 aromatic heterocycles. The van der Waals surface area contributed by atoms with Crippen LogP contribution in [0.4, 0.5) is 0 Å². The summed E-state index contributed by atoms with van der Waals surface area (Å²) >= 11 is 0. The van der Waals surface area contributed by atoms with Crippen molar-refractivity contribution in [2.75, 3.05) is 7.05 Å². The summed E-state index contributed by atoms with van der Waals surface area (Å²) in [5.74, 6) is 0. The molecule has 0 aliphatic rings. The van der Waals surface area contributed by atoms with E-state index in [0.717, 1.165) is 12.1 Å². The molecule has 0 fully saturated rings. The van der Waals surface area contributed by atoms with Crippen LogP contribution in [0.2, 0.25) is 19.6 Å². The molecule has 3 heteroatoms. The predicted octanol–water partition coefficient (Wildman–Crippen LogP) is -0.930. The van der Waals surface area contributed by atoms with Gasteiger partial charge in [-0.05, 0) is 12.7 Å². The Labute approximate surface area is 84.5 Å². The SMILES string of the molecule is [CH2-]CCC(NC)[Si](C)(C)C.[Li+]. The average molecular weight is 165 g/mol. The third-order valence-electron chi connectivity index (χ3n) is 1.89. The van der Waals surface area contributed by atoms with Crippen LogP contribution in [0.15, 0.2) is 0 Å². The summed E-state index contributed by atoms with van der Waals surface area (Å²) in [7, 11) is 1.10. The number of hydrogen-bond acceptors (Lipinski definition) is 1. The number of rotatable bonds is 4. The molecule has 1 N–H and O–H groups in total. The molecule has 0 saturated carbocycles. The molecule has 0 rings (SSSR count). The van der Waals surface area contributed by atoms with Crippen molar-refractivity contribution in [3.8, 4) is 0 Å². The molecule has 0 bridgehead atoms. The van der Waals surface area contributed by atoms with E-state index in [1.807, 2.05) is 0 Å².